The molecule has 1 aliphatic heterocycles. The summed E-state index contributed by atoms with van der Waals surface area (Å²) in [5.74, 6) is -0.290. The van der Waals surface area contributed by atoms with E-state index in [1.54, 1.807) is 4.90 Å². The number of hydrogen-bond acceptors (Lipinski definition) is 5. The molecule has 0 saturated carbocycles. The number of nitrogen functional groups attached to an aromatic ring is 1. The first-order valence-electron chi connectivity index (χ1n) is 7.76. The summed E-state index contributed by atoms with van der Waals surface area (Å²) < 4.78 is 0. The quantitative estimate of drug-likeness (QED) is 0.531. The molecule has 0 bridgehead atoms. The number of carbonyl (C=O) groups excluding carboxylic acids is 1. The number of nitro groups is 1. The maximum atomic E-state index is 12.9. The summed E-state index contributed by atoms with van der Waals surface area (Å²) in [6.45, 7) is 2.49. The molecule has 0 aliphatic carbocycles. The Labute approximate surface area is 139 Å². The maximum absolute atomic E-state index is 12.9. The average molecular weight is 326 g/mol. The van der Waals surface area contributed by atoms with Gasteiger partial charge >= 0.3 is 0 Å². The number of likely N-dealkylation sites (tertiary alicyclic amines) is 1. The molecule has 1 amide bonds. The van der Waals surface area contributed by atoms with Gasteiger partial charge < -0.3 is 10.6 Å². The number of hydrogen-bond donors (Lipinski definition) is 1. The highest BCUT2D eigenvalue weighted by Gasteiger charge is 2.32. The molecule has 1 atom stereocenters. The molecule has 0 unspecified atom stereocenters. The third kappa shape index (κ3) is 2.92. The number of aryl methyl sites for hydroxylation is 1. The van der Waals surface area contributed by atoms with Gasteiger partial charge in [-0.3, -0.25) is 19.9 Å². The Balaban J connectivity index is 1.94. The highest BCUT2D eigenvalue weighted by molar-refractivity contribution is 6.00. The Morgan fingerprint density at radius 2 is 2.17 bits per heavy atom. The van der Waals surface area contributed by atoms with Crippen LogP contribution in [0.3, 0.4) is 0 Å². The van der Waals surface area contributed by atoms with Crippen LogP contribution in [-0.4, -0.2) is 27.3 Å². The number of nitro benzene ring substituents is 1. The van der Waals surface area contributed by atoms with Crippen molar-refractivity contribution in [1.82, 2.24) is 9.88 Å². The number of benzene rings is 1. The lowest BCUT2D eigenvalue weighted by Gasteiger charge is -2.25. The van der Waals surface area contributed by atoms with Gasteiger partial charge in [0.2, 0.25) is 0 Å². The first-order chi connectivity index (χ1) is 11.5. The van der Waals surface area contributed by atoms with Gasteiger partial charge in [-0.2, -0.15) is 0 Å². The number of carbonyl (C=O) groups is 1. The molecule has 1 aromatic carbocycles. The summed E-state index contributed by atoms with van der Waals surface area (Å²) in [7, 11) is 0. The van der Waals surface area contributed by atoms with Gasteiger partial charge in [0.1, 0.15) is 0 Å². The highest BCUT2D eigenvalue weighted by atomic mass is 16.6. The van der Waals surface area contributed by atoms with E-state index in [1.807, 2.05) is 25.1 Å². The highest BCUT2D eigenvalue weighted by Crippen LogP contribution is 2.33. The summed E-state index contributed by atoms with van der Waals surface area (Å²) in [5.41, 5.74) is 7.88. The van der Waals surface area contributed by atoms with Gasteiger partial charge in [-0.1, -0.05) is 6.07 Å². The van der Waals surface area contributed by atoms with Crippen LogP contribution in [0.25, 0.3) is 0 Å². The van der Waals surface area contributed by atoms with Crippen LogP contribution in [-0.2, 0) is 0 Å². The number of nitrogens with zero attached hydrogens (tertiary/aromatic N) is 3. The minimum atomic E-state index is -0.528. The SMILES string of the molecule is Cc1cccc([C@@H]2CCCN2C(=O)c2cc([N+](=O)[O-])ccc2N)n1. The molecule has 1 aromatic heterocycles. The summed E-state index contributed by atoms with van der Waals surface area (Å²) in [4.78, 5) is 29.6. The lowest BCUT2D eigenvalue weighted by Crippen LogP contribution is -2.31. The van der Waals surface area contributed by atoms with Gasteiger partial charge in [-0.15, -0.1) is 0 Å². The van der Waals surface area contributed by atoms with Crippen molar-refractivity contribution in [3.8, 4) is 0 Å². The lowest BCUT2D eigenvalue weighted by atomic mass is 10.1. The predicted octanol–water partition coefficient (Wildman–Crippen LogP) is 2.86. The van der Waals surface area contributed by atoms with Crippen LogP contribution in [0.4, 0.5) is 11.4 Å². The van der Waals surface area contributed by atoms with Crippen LogP contribution in [0.15, 0.2) is 36.4 Å². The smallest absolute Gasteiger partial charge is 0.270 e. The molecule has 3 rings (SSSR count). The Bertz CT molecular complexity index is 806. The van der Waals surface area contributed by atoms with Crippen molar-refractivity contribution in [3.05, 3.63) is 63.5 Å². The van der Waals surface area contributed by atoms with Crippen molar-refractivity contribution in [2.75, 3.05) is 12.3 Å². The second kappa shape index (κ2) is 6.27. The van der Waals surface area contributed by atoms with Gasteiger partial charge in [0.05, 0.1) is 22.2 Å². The number of nitrogens with two attached hydrogens (primary N) is 1. The molecule has 24 heavy (non-hydrogen) atoms. The molecular formula is C17H18N4O3. The van der Waals surface area contributed by atoms with Crippen LogP contribution >= 0.6 is 0 Å². The summed E-state index contributed by atoms with van der Waals surface area (Å²) in [5, 5.41) is 11.0. The van der Waals surface area contributed by atoms with Crippen molar-refractivity contribution in [3.63, 3.8) is 0 Å². The zero-order valence-corrected chi connectivity index (χ0v) is 13.3. The molecule has 2 aromatic rings. The predicted molar refractivity (Wildman–Crippen MR) is 89.5 cm³/mol. The fourth-order valence-corrected chi connectivity index (χ4v) is 3.06. The summed E-state index contributed by atoms with van der Waals surface area (Å²) in [6, 6.07) is 9.55. The monoisotopic (exact) mass is 326 g/mol. The van der Waals surface area contributed by atoms with E-state index in [0.717, 1.165) is 24.2 Å². The fourth-order valence-electron chi connectivity index (χ4n) is 3.06. The normalized spacial score (nSPS) is 17.0. The van der Waals surface area contributed by atoms with Crippen LogP contribution in [0.1, 0.15) is 40.6 Å². The van der Waals surface area contributed by atoms with E-state index >= 15 is 0 Å². The number of non-ortho nitro benzene ring substituents is 1. The molecule has 7 nitrogen and oxygen atoms in total. The minimum absolute atomic E-state index is 0.129. The van der Waals surface area contributed by atoms with Crippen molar-refractivity contribution in [1.29, 1.82) is 0 Å². The molecule has 124 valence electrons. The summed E-state index contributed by atoms with van der Waals surface area (Å²) >= 11 is 0. The van der Waals surface area contributed by atoms with E-state index in [-0.39, 0.29) is 28.9 Å². The Hall–Kier alpha value is -2.96. The van der Waals surface area contributed by atoms with E-state index in [4.69, 9.17) is 5.73 Å². The molecular weight excluding hydrogens is 308 g/mol. The fraction of sp³-hybridized carbons (Fsp3) is 0.294. The van der Waals surface area contributed by atoms with Gasteiger partial charge in [0.15, 0.2) is 0 Å². The van der Waals surface area contributed by atoms with Gasteiger partial charge in [-0.05, 0) is 38.0 Å². The van der Waals surface area contributed by atoms with Gasteiger partial charge in [-0.25, -0.2) is 0 Å². The first-order valence-corrected chi connectivity index (χ1v) is 7.76. The molecule has 1 fully saturated rings. The molecule has 2 heterocycles. The Morgan fingerprint density at radius 1 is 1.38 bits per heavy atom. The van der Waals surface area contributed by atoms with E-state index < -0.39 is 4.92 Å². The maximum Gasteiger partial charge on any atom is 0.270 e. The first kappa shape index (κ1) is 15.9. The van der Waals surface area contributed by atoms with Gasteiger partial charge in [0, 0.05) is 30.1 Å². The molecule has 1 saturated heterocycles. The third-order valence-corrected chi connectivity index (χ3v) is 4.24. The zero-order chi connectivity index (χ0) is 17.3. The van der Waals surface area contributed by atoms with Crippen molar-refractivity contribution >= 4 is 17.3 Å². The number of aromatic nitrogens is 1. The standard InChI is InChI=1S/C17H18N4O3/c1-11-4-2-5-15(19-11)16-6-3-9-20(16)17(22)13-10-12(21(23)24)7-8-14(13)18/h2,4-5,7-8,10,16H,3,6,9,18H2,1H3/t16-/m0/s1. The molecule has 2 N–H and O–H groups in total. The minimum Gasteiger partial charge on any atom is -0.398 e. The molecule has 7 heteroatoms. The molecule has 0 spiro atoms. The van der Waals surface area contributed by atoms with Gasteiger partial charge in [0.25, 0.3) is 11.6 Å². The van der Waals surface area contributed by atoms with E-state index in [1.165, 1.54) is 18.2 Å². The molecule has 1 aliphatic rings. The second-order valence-corrected chi connectivity index (χ2v) is 5.89. The zero-order valence-electron chi connectivity index (χ0n) is 13.3. The van der Waals surface area contributed by atoms with Crippen LogP contribution in [0.5, 0.6) is 0 Å². The van der Waals surface area contributed by atoms with E-state index in [2.05, 4.69) is 4.98 Å². The van der Waals surface area contributed by atoms with Crippen LogP contribution in [0.2, 0.25) is 0 Å². The Morgan fingerprint density at radius 3 is 2.88 bits per heavy atom. The average Bonchev–Trinajstić information content (AvgIpc) is 3.04. The van der Waals surface area contributed by atoms with Crippen LogP contribution < -0.4 is 5.73 Å². The van der Waals surface area contributed by atoms with E-state index in [0.29, 0.717) is 6.54 Å². The number of amides is 1. The van der Waals surface area contributed by atoms with Crippen molar-refractivity contribution < 1.29 is 9.72 Å². The second-order valence-electron chi connectivity index (χ2n) is 5.89. The van der Waals surface area contributed by atoms with Crippen molar-refractivity contribution in [2.24, 2.45) is 0 Å². The van der Waals surface area contributed by atoms with Crippen molar-refractivity contribution in [2.45, 2.75) is 25.8 Å². The number of rotatable bonds is 3. The third-order valence-electron chi connectivity index (χ3n) is 4.24. The Kier molecular flexibility index (Phi) is 4.16. The number of anilines is 1. The summed E-state index contributed by atoms with van der Waals surface area (Å²) in [6.07, 6.45) is 1.68. The van der Waals surface area contributed by atoms with E-state index in [9.17, 15) is 14.9 Å². The largest absolute Gasteiger partial charge is 0.398 e. The van der Waals surface area contributed by atoms with Crippen LogP contribution in [0, 0.1) is 17.0 Å². The lowest BCUT2D eigenvalue weighted by molar-refractivity contribution is -0.384. The number of pyridine rings is 1. The molecule has 0 radical (unpaired) electrons. The topological polar surface area (TPSA) is 102 Å².